The molecule has 116 valence electrons. The molecule has 0 saturated carbocycles. The Morgan fingerprint density at radius 1 is 1.33 bits per heavy atom. The fourth-order valence-corrected chi connectivity index (χ4v) is 2.67. The Bertz CT molecular complexity index is 700. The van der Waals surface area contributed by atoms with Crippen LogP contribution in [0, 0.1) is 0 Å². The lowest BCUT2D eigenvalue weighted by Crippen LogP contribution is -2.24. The SMILES string of the molecule is CNC(C)Cc1noc(-c2ccccc2S(C)(=O)=O)n1.Cl. The highest BCUT2D eigenvalue weighted by Gasteiger charge is 2.19. The van der Waals surface area contributed by atoms with Crippen LogP contribution < -0.4 is 5.32 Å². The molecule has 2 aromatic rings. The van der Waals surface area contributed by atoms with Crippen molar-refractivity contribution in [1.29, 1.82) is 0 Å². The van der Waals surface area contributed by atoms with E-state index in [2.05, 4.69) is 15.5 Å². The van der Waals surface area contributed by atoms with Gasteiger partial charge in [0.1, 0.15) is 0 Å². The van der Waals surface area contributed by atoms with E-state index in [1.165, 1.54) is 6.07 Å². The predicted octanol–water partition coefficient (Wildman–Crippen LogP) is 1.71. The van der Waals surface area contributed by atoms with Crippen LogP contribution in [0.3, 0.4) is 0 Å². The zero-order valence-corrected chi connectivity index (χ0v) is 13.7. The molecule has 8 heteroatoms. The first-order valence-electron chi connectivity index (χ1n) is 6.21. The maximum absolute atomic E-state index is 11.8. The van der Waals surface area contributed by atoms with Crippen molar-refractivity contribution in [2.45, 2.75) is 24.3 Å². The number of benzene rings is 1. The van der Waals surface area contributed by atoms with Gasteiger partial charge in [-0.15, -0.1) is 12.4 Å². The standard InChI is InChI=1S/C13H17N3O3S.ClH/c1-9(14-2)8-12-15-13(19-16-12)10-6-4-5-7-11(10)20(3,17)18;/h4-7,9,14H,8H2,1-3H3;1H. The summed E-state index contributed by atoms with van der Waals surface area (Å²) >= 11 is 0. The van der Waals surface area contributed by atoms with E-state index in [4.69, 9.17) is 4.52 Å². The van der Waals surface area contributed by atoms with Crippen molar-refractivity contribution < 1.29 is 12.9 Å². The minimum absolute atomic E-state index is 0. The topological polar surface area (TPSA) is 85.1 Å². The number of nitrogens with zero attached hydrogens (tertiary/aromatic N) is 2. The number of likely N-dealkylation sites (N-methyl/N-ethyl adjacent to an activating group) is 1. The molecule has 0 aliphatic carbocycles. The zero-order valence-electron chi connectivity index (χ0n) is 12.0. The third-order valence-electron chi connectivity index (χ3n) is 2.97. The molecule has 1 heterocycles. The van der Waals surface area contributed by atoms with Gasteiger partial charge in [0, 0.05) is 18.7 Å². The Kier molecular flexibility index (Phi) is 5.88. The average molecular weight is 332 g/mol. The van der Waals surface area contributed by atoms with E-state index in [0.29, 0.717) is 17.8 Å². The first-order chi connectivity index (χ1) is 9.41. The first kappa shape index (κ1) is 17.6. The van der Waals surface area contributed by atoms with Crippen LogP contribution >= 0.6 is 12.4 Å². The molecule has 2 rings (SSSR count). The van der Waals surface area contributed by atoms with Crippen LogP contribution in [0.5, 0.6) is 0 Å². The number of aromatic nitrogens is 2. The fourth-order valence-electron chi connectivity index (χ4n) is 1.79. The van der Waals surface area contributed by atoms with Crippen molar-refractivity contribution in [3.8, 4) is 11.5 Å². The van der Waals surface area contributed by atoms with Gasteiger partial charge in [0.05, 0.1) is 10.5 Å². The van der Waals surface area contributed by atoms with Crippen LogP contribution in [0.2, 0.25) is 0 Å². The normalized spacial score (nSPS) is 12.7. The molecule has 0 aliphatic heterocycles. The van der Waals surface area contributed by atoms with Gasteiger partial charge in [0.2, 0.25) is 0 Å². The molecule has 1 N–H and O–H groups in total. The van der Waals surface area contributed by atoms with Gasteiger partial charge in [0.25, 0.3) is 5.89 Å². The van der Waals surface area contributed by atoms with E-state index in [1.807, 2.05) is 14.0 Å². The van der Waals surface area contributed by atoms with Crippen LogP contribution in [-0.2, 0) is 16.3 Å². The number of sulfone groups is 1. The van der Waals surface area contributed by atoms with Gasteiger partial charge in [0.15, 0.2) is 15.7 Å². The van der Waals surface area contributed by atoms with E-state index < -0.39 is 9.84 Å². The highest BCUT2D eigenvalue weighted by molar-refractivity contribution is 7.90. The zero-order chi connectivity index (χ0) is 14.8. The van der Waals surface area contributed by atoms with Crippen molar-refractivity contribution >= 4 is 22.2 Å². The molecule has 1 atom stereocenters. The molecular formula is C13H18ClN3O3S. The molecule has 0 spiro atoms. The first-order valence-corrected chi connectivity index (χ1v) is 8.10. The molecule has 21 heavy (non-hydrogen) atoms. The van der Waals surface area contributed by atoms with Crippen LogP contribution in [0.4, 0.5) is 0 Å². The average Bonchev–Trinajstić information content (AvgIpc) is 2.86. The van der Waals surface area contributed by atoms with Crippen LogP contribution in [0.25, 0.3) is 11.5 Å². The lowest BCUT2D eigenvalue weighted by atomic mass is 10.2. The molecule has 0 radical (unpaired) electrons. The van der Waals surface area contributed by atoms with Gasteiger partial charge in [-0.3, -0.25) is 0 Å². The summed E-state index contributed by atoms with van der Waals surface area (Å²) in [7, 11) is -1.49. The number of halogens is 1. The van der Waals surface area contributed by atoms with E-state index >= 15 is 0 Å². The van der Waals surface area contributed by atoms with Gasteiger partial charge in [-0.1, -0.05) is 17.3 Å². The highest BCUT2D eigenvalue weighted by atomic mass is 35.5. The maximum Gasteiger partial charge on any atom is 0.259 e. The molecule has 6 nitrogen and oxygen atoms in total. The Morgan fingerprint density at radius 3 is 2.62 bits per heavy atom. The smallest absolute Gasteiger partial charge is 0.259 e. The van der Waals surface area contributed by atoms with Crippen LogP contribution in [-0.4, -0.2) is 37.9 Å². The summed E-state index contributed by atoms with van der Waals surface area (Å²) in [5.41, 5.74) is 0.436. The number of nitrogens with one attached hydrogen (secondary N) is 1. The van der Waals surface area contributed by atoms with Gasteiger partial charge in [-0.05, 0) is 26.1 Å². The quantitative estimate of drug-likeness (QED) is 0.897. The molecule has 0 saturated heterocycles. The Morgan fingerprint density at radius 2 is 2.00 bits per heavy atom. The molecule has 1 unspecified atom stereocenters. The third-order valence-corrected chi connectivity index (χ3v) is 4.12. The Balaban J connectivity index is 0.00000220. The van der Waals surface area contributed by atoms with Crippen molar-refractivity contribution in [3.05, 3.63) is 30.1 Å². The van der Waals surface area contributed by atoms with Crippen molar-refractivity contribution in [2.75, 3.05) is 13.3 Å². The van der Waals surface area contributed by atoms with Crippen LogP contribution in [0.1, 0.15) is 12.7 Å². The van der Waals surface area contributed by atoms with Gasteiger partial charge >= 0.3 is 0 Å². The summed E-state index contributed by atoms with van der Waals surface area (Å²) in [4.78, 5) is 4.45. The number of hydrogen-bond donors (Lipinski definition) is 1. The van der Waals surface area contributed by atoms with E-state index in [9.17, 15) is 8.42 Å². The molecule has 1 aromatic heterocycles. The summed E-state index contributed by atoms with van der Waals surface area (Å²) in [6, 6.07) is 6.81. The Hall–Kier alpha value is -1.44. The van der Waals surface area contributed by atoms with Gasteiger partial charge in [-0.2, -0.15) is 4.98 Å². The maximum atomic E-state index is 11.8. The summed E-state index contributed by atoms with van der Waals surface area (Å²) in [5.74, 6) is 0.773. The highest BCUT2D eigenvalue weighted by Crippen LogP contribution is 2.25. The third kappa shape index (κ3) is 4.26. The predicted molar refractivity (Wildman–Crippen MR) is 82.3 cm³/mol. The van der Waals surface area contributed by atoms with E-state index in [1.54, 1.807) is 18.2 Å². The lowest BCUT2D eigenvalue weighted by Gasteiger charge is -2.05. The molecule has 0 amide bonds. The summed E-state index contributed by atoms with van der Waals surface area (Å²) in [6.07, 6.45) is 1.77. The van der Waals surface area contributed by atoms with Gasteiger partial charge in [-0.25, -0.2) is 8.42 Å². The second-order valence-corrected chi connectivity index (χ2v) is 6.66. The minimum atomic E-state index is -3.34. The fraction of sp³-hybridized carbons (Fsp3) is 0.385. The number of hydrogen-bond acceptors (Lipinski definition) is 6. The molecule has 0 bridgehead atoms. The second-order valence-electron chi connectivity index (χ2n) is 4.68. The van der Waals surface area contributed by atoms with Gasteiger partial charge < -0.3 is 9.84 Å². The van der Waals surface area contributed by atoms with E-state index in [0.717, 1.165) is 6.26 Å². The van der Waals surface area contributed by atoms with E-state index in [-0.39, 0.29) is 29.2 Å². The largest absolute Gasteiger partial charge is 0.334 e. The second kappa shape index (κ2) is 7.02. The molecule has 0 fully saturated rings. The minimum Gasteiger partial charge on any atom is -0.334 e. The molecule has 1 aromatic carbocycles. The Labute approximate surface area is 130 Å². The molecule has 0 aliphatic rings. The lowest BCUT2D eigenvalue weighted by molar-refractivity contribution is 0.417. The monoisotopic (exact) mass is 331 g/mol. The summed E-state index contributed by atoms with van der Waals surface area (Å²) in [5, 5.41) is 6.96. The molecular weight excluding hydrogens is 314 g/mol. The number of rotatable bonds is 5. The summed E-state index contributed by atoms with van der Waals surface area (Å²) < 4.78 is 28.7. The van der Waals surface area contributed by atoms with Crippen molar-refractivity contribution in [2.24, 2.45) is 0 Å². The van der Waals surface area contributed by atoms with Crippen molar-refractivity contribution in [1.82, 2.24) is 15.5 Å². The van der Waals surface area contributed by atoms with Crippen LogP contribution in [0.15, 0.2) is 33.7 Å². The summed E-state index contributed by atoms with van der Waals surface area (Å²) in [6.45, 7) is 2.00. The van der Waals surface area contributed by atoms with Crippen molar-refractivity contribution in [3.63, 3.8) is 0 Å².